The zero-order valence-electron chi connectivity index (χ0n) is 11.1. The summed E-state index contributed by atoms with van der Waals surface area (Å²) in [7, 11) is 0. The Bertz CT molecular complexity index is 516. The molecule has 0 aliphatic carbocycles. The first kappa shape index (κ1) is 13.5. The van der Waals surface area contributed by atoms with Crippen LogP contribution in [0.25, 0.3) is 0 Å². The minimum Gasteiger partial charge on any atom is -0.379 e. The summed E-state index contributed by atoms with van der Waals surface area (Å²) in [6, 6.07) is 6.34. The molecule has 1 aliphatic rings. The number of oxime groups is 1. The molecule has 0 bridgehead atoms. The second kappa shape index (κ2) is 5.38. The molecule has 1 heterocycles. The Kier molecular flexibility index (Phi) is 3.83. The highest BCUT2D eigenvalue weighted by Gasteiger charge is 2.42. The predicted molar refractivity (Wildman–Crippen MR) is 70.3 cm³/mol. The highest BCUT2D eigenvalue weighted by atomic mass is 19.1. The van der Waals surface area contributed by atoms with Crippen LogP contribution in [-0.2, 0) is 9.63 Å². The highest BCUT2D eigenvalue weighted by molar-refractivity contribution is 6.05. The summed E-state index contributed by atoms with van der Waals surface area (Å²) < 4.78 is 13.7. The molecule has 5 heteroatoms. The molecule has 0 spiro atoms. The standard InChI is InChI=1S/C14H17FN2O2/c1-3-8-16-13(18)14(2)9-12(17-19-14)10-6-4-5-7-11(10)15/h4-7H,3,8-9H2,1-2H3,(H,16,18)/t14-/m1/s1. The number of carbonyl (C=O) groups excluding carboxylic acids is 1. The number of rotatable bonds is 4. The predicted octanol–water partition coefficient (Wildman–Crippen LogP) is 2.24. The maximum atomic E-state index is 13.7. The molecular formula is C14H17FN2O2. The van der Waals surface area contributed by atoms with Gasteiger partial charge in [-0.2, -0.15) is 0 Å². The fourth-order valence-electron chi connectivity index (χ4n) is 1.93. The van der Waals surface area contributed by atoms with Gasteiger partial charge in [-0.05, 0) is 19.4 Å². The van der Waals surface area contributed by atoms with E-state index < -0.39 is 5.60 Å². The highest BCUT2D eigenvalue weighted by Crippen LogP contribution is 2.27. The Morgan fingerprint density at radius 2 is 2.26 bits per heavy atom. The third-order valence-corrected chi connectivity index (χ3v) is 3.06. The Labute approximate surface area is 111 Å². The molecule has 102 valence electrons. The summed E-state index contributed by atoms with van der Waals surface area (Å²) in [6.45, 7) is 4.22. The average Bonchev–Trinajstić information content (AvgIpc) is 2.80. The van der Waals surface area contributed by atoms with E-state index in [1.54, 1.807) is 25.1 Å². The molecule has 0 aromatic heterocycles. The van der Waals surface area contributed by atoms with E-state index in [0.29, 0.717) is 17.8 Å². The summed E-state index contributed by atoms with van der Waals surface area (Å²) in [5.41, 5.74) is -0.200. The lowest BCUT2D eigenvalue weighted by atomic mass is 9.95. The van der Waals surface area contributed by atoms with E-state index >= 15 is 0 Å². The molecular weight excluding hydrogens is 247 g/mol. The van der Waals surface area contributed by atoms with E-state index in [-0.39, 0.29) is 18.1 Å². The first-order valence-corrected chi connectivity index (χ1v) is 6.35. The van der Waals surface area contributed by atoms with Crippen molar-refractivity contribution in [1.82, 2.24) is 5.32 Å². The Morgan fingerprint density at radius 3 is 2.95 bits per heavy atom. The first-order chi connectivity index (χ1) is 9.07. The van der Waals surface area contributed by atoms with Crippen LogP contribution >= 0.6 is 0 Å². The van der Waals surface area contributed by atoms with Gasteiger partial charge >= 0.3 is 0 Å². The van der Waals surface area contributed by atoms with Crippen LogP contribution in [0.5, 0.6) is 0 Å². The van der Waals surface area contributed by atoms with Crippen molar-refractivity contribution in [2.45, 2.75) is 32.3 Å². The number of hydrogen-bond acceptors (Lipinski definition) is 3. The lowest BCUT2D eigenvalue weighted by Crippen LogP contribution is -2.45. The van der Waals surface area contributed by atoms with Crippen molar-refractivity contribution in [3.63, 3.8) is 0 Å². The van der Waals surface area contributed by atoms with Crippen LogP contribution in [-0.4, -0.2) is 23.8 Å². The van der Waals surface area contributed by atoms with E-state index in [0.717, 1.165) is 6.42 Å². The SMILES string of the molecule is CCCNC(=O)[C@@]1(C)CC(c2ccccc2F)=NO1. The van der Waals surface area contributed by atoms with Crippen molar-refractivity contribution in [2.24, 2.45) is 5.16 Å². The van der Waals surface area contributed by atoms with Crippen LogP contribution in [0.4, 0.5) is 4.39 Å². The Balaban J connectivity index is 2.10. The van der Waals surface area contributed by atoms with Crippen LogP contribution in [0.15, 0.2) is 29.4 Å². The molecule has 2 rings (SSSR count). The van der Waals surface area contributed by atoms with Crippen LogP contribution in [0.3, 0.4) is 0 Å². The van der Waals surface area contributed by atoms with E-state index in [4.69, 9.17) is 4.84 Å². The zero-order valence-corrected chi connectivity index (χ0v) is 11.1. The number of nitrogens with zero attached hydrogens (tertiary/aromatic N) is 1. The average molecular weight is 264 g/mol. The molecule has 19 heavy (non-hydrogen) atoms. The van der Waals surface area contributed by atoms with Gasteiger partial charge in [0.2, 0.25) is 5.60 Å². The van der Waals surface area contributed by atoms with Crippen LogP contribution < -0.4 is 5.32 Å². The number of amides is 1. The molecule has 0 unspecified atom stereocenters. The van der Waals surface area contributed by atoms with Crippen molar-refractivity contribution in [3.8, 4) is 0 Å². The molecule has 1 aromatic rings. The monoisotopic (exact) mass is 264 g/mol. The Hall–Kier alpha value is -1.91. The lowest BCUT2D eigenvalue weighted by molar-refractivity contribution is -0.141. The molecule has 0 saturated heterocycles. The van der Waals surface area contributed by atoms with Gasteiger partial charge in [0.15, 0.2) is 0 Å². The second-order valence-corrected chi connectivity index (χ2v) is 4.77. The van der Waals surface area contributed by atoms with E-state index in [2.05, 4.69) is 10.5 Å². The lowest BCUT2D eigenvalue weighted by Gasteiger charge is -2.20. The quantitative estimate of drug-likeness (QED) is 0.906. The maximum absolute atomic E-state index is 13.7. The van der Waals surface area contributed by atoms with Crippen LogP contribution in [0.1, 0.15) is 32.3 Å². The molecule has 1 N–H and O–H groups in total. The van der Waals surface area contributed by atoms with Crippen molar-refractivity contribution in [1.29, 1.82) is 0 Å². The molecule has 1 amide bonds. The zero-order chi connectivity index (χ0) is 13.9. The van der Waals surface area contributed by atoms with Gasteiger partial charge in [-0.3, -0.25) is 4.79 Å². The largest absolute Gasteiger partial charge is 0.379 e. The van der Waals surface area contributed by atoms with E-state index in [9.17, 15) is 9.18 Å². The third-order valence-electron chi connectivity index (χ3n) is 3.06. The summed E-state index contributed by atoms with van der Waals surface area (Å²) >= 11 is 0. The van der Waals surface area contributed by atoms with Crippen molar-refractivity contribution in [2.75, 3.05) is 6.54 Å². The number of carbonyl (C=O) groups is 1. The molecule has 0 radical (unpaired) electrons. The van der Waals surface area contributed by atoms with Crippen molar-refractivity contribution >= 4 is 11.6 Å². The fraction of sp³-hybridized carbons (Fsp3) is 0.429. The van der Waals surface area contributed by atoms with E-state index in [1.165, 1.54) is 6.07 Å². The Morgan fingerprint density at radius 1 is 1.53 bits per heavy atom. The third kappa shape index (κ3) is 2.75. The van der Waals surface area contributed by atoms with Crippen molar-refractivity contribution < 1.29 is 14.0 Å². The van der Waals surface area contributed by atoms with Gasteiger partial charge in [0, 0.05) is 18.5 Å². The minimum absolute atomic E-state index is 0.218. The molecule has 4 nitrogen and oxygen atoms in total. The molecule has 0 saturated carbocycles. The topological polar surface area (TPSA) is 50.7 Å². The van der Waals surface area contributed by atoms with Gasteiger partial charge in [0.25, 0.3) is 5.91 Å². The normalized spacial score (nSPS) is 21.7. The van der Waals surface area contributed by atoms with Crippen LogP contribution in [0.2, 0.25) is 0 Å². The van der Waals surface area contributed by atoms with Gasteiger partial charge in [0.05, 0.1) is 5.71 Å². The summed E-state index contributed by atoms with van der Waals surface area (Å²) in [5.74, 6) is -0.576. The van der Waals surface area contributed by atoms with Gasteiger partial charge in [-0.1, -0.05) is 30.3 Å². The van der Waals surface area contributed by atoms with Crippen LogP contribution in [0, 0.1) is 5.82 Å². The summed E-state index contributed by atoms with van der Waals surface area (Å²) in [6.07, 6.45) is 1.12. The first-order valence-electron chi connectivity index (χ1n) is 6.35. The molecule has 1 aliphatic heterocycles. The van der Waals surface area contributed by atoms with Gasteiger partial charge < -0.3 is 10.2 Å². The number of hydrogen-bond donors (Lipinski definition) is 1. The van der Waals surface area contributed by atoms with Crippen molar-refractivity contribution in [3.05, 3.63) is 35.6 Å². The summed E-state index contributed by atoms with van der Waals surface area (Å²) in [4.78, 5) is 17.2. The molecule has 1 aromatic carbocycles. The van der Waals surface area contributed by atoms with Gasteiger partial charge in [-0.15, -0.1) is 0 Å². The number of halogens is 1. The van der Waals surface area contributed by atoms with Gasteiger partial charge in [-0.25, -0.2) is 4.39 Å². The minimum atomic E-state index is -1.05. The maximum Gasteiger partial charge on any atom is 0.267 e. The number of nitrogens with one attached hydrogen (secondary N) is 1. The second-order valence-electron chi connectivity index (χ2n) is 4.77. The fourth-order valence-corrected chi connectivity index (χ4v) is 1.93. The molecule has 0 fully saturated rings. The number of benzene rings is 1. The summed E-state index contributed by atoms with van der Waals surface area (Å²) in [5, 5.41) is 6.64. The molecule has 1 atom stereocenters. The van der Waals surface area contributed by atoms with E-state index in [1.807, 2.05) is 6.92 Å². The smallest absolute Gasteiger partial charge is 0.267 e. The van der Waals surface area contributed by atoms with Gasteiger partial charge in [0.1, 0.15) is 5.82 Å².